The van der Waals surface area contributed by atoms with E-state index in [-0.39, 0.29) is 16.3 Å². The molecule has 0 bridgehead atoms. The summed E-state index contributed by atoms with van der Waals surface area (Å²) in [6, 6.07) is 11.2. The molecule has 0 radical (unpaired) electrons. The minimum atomic E-state index is -0.728. The van der Waals surface area contributed by atoms with Crippen molar-refractivity contribution in [3.63, 3.8) is 0 Å². The van der Waals surface area contributed by atoms with Crippen molar-refractivity contribution in [2.45, 2.75) is 13.0 Å². The molecule has 36 heavy (non-hydrogen) atoms. The number of fused-ring (bicyclic) bond motifs is 2. The van der Waals surface area contributed by atoms with Crippen molar-refractivity contribution in [2.24, 2.45) is 0 Å². The number of rotatable bonds is 6. The van der Waals surface area contributed by atoms with Crippen LogP contribution in [0.3, 0.4) is 0 Å². The summed E-state index contributed by atoms with van der Waals surface area (Å²) in [7, 11) is 1.32. The number of urea groups is 1. The first-order valence-corrected chi connectivity index (χ1v) is 11.8. The van der Waals surface area contributed by atoms with Crippen molar-refractivity contribution in [2.75, 3.05) is 12.4 Å². The Morgan fingerprint density at radius 1 is 1.17 bits per heavy atom. The smallest absolute Gasteiger partial charge is 0.343 e. The molecule has 2 N–H and O–H groups in total. The number of hydrogen-bond acceptors (Lipinski definition) is 9. The van der Waals surface area contributed by atoms with Gasteiger partial charge < -0.3 is 10.1 Å². The van der Waals surface area contributed by atoms with Crippen LogP contribution in [0.15, 0.2) is 59.1 Å². The maximum absolute atomic E-state index is 13.8. The molecule has 0 aliphatic heterocycles. The zero-order valence-corrected chi connectivity index (χ0v) is 20.5. The van der Waals surface area contributed by atoms with Gasteiger partial charge in [0.1, 0.15) is 6.33 Å². The molecule has 0 aliphatic rings. The van der Waals surface area contributed by atoms with E-state index in [0.717, 1.165) is 0 Å². The molecule has 5 aromatic rings. The van der Waals surface area contributed by atoms with E-state index in [1.165, 1.54) is 29.3 Å². The molecule has 2 aromatic carbocycles. The van der Waals surface area contributed by atoms with Gasteiger partial charge in [0.2, 0.25) is 5.88 Å². The molecule has 0 unspecified atom stereocenters. The molecular weight excluding hydrogens is 506 g/mol. The average Bonchev–Trinajstić information content (AvgIpc) is 3.34. The zero-order valence-electron chi connectivity index (χ0n) is 18.9. The van der Waals surface area contributed by atoms with Crippen LogP contribution in [0.2, 0.25) is 5.02 Å². The quantitative estimate of drug-likeness (QED) is 0.315. The van der Waals surface area contributed by atoms with Crippen molar-refractivity contribution in [3.05, 3.63) is 75.5 Å². The van der Waals surface area contributed by atoms with E-state index in [4.69, 9.17) is 21.3 Å². The number of aromatic nitrogens is 5. The summed E-state index contributed by atoms with van der Waals surface area (Å²) in [5.41, 5.74) is 5.24. The van der Waals surface area contributed by atoms with Gasteiger partial charge >= 0.3 is 6.03 Å². The fourth-order valence-corrected chi connectivity index (χ4v) is 4.55. The summed E-state index contributed by atoms with van der Waals surface area (Å²) in [5, 5.41) is 3.16. The number of thiazole rings is 1. The number of amides is 2. The Bertz CT molecular complexity index is 1660. The van der Waals surface area contributed by atoms with Crippen LogP contribution in [0.5, 0.6) is 5.88 Å². The topological polar surface area (TPSA) is 133 Å². The van der Waals surface area contributed by atoms with Crippen LogP contribution < -0.4 is 21.1 Å². The average molecular weight is 524 g/mol. The van der Waals surface area contributed by atoms with Gasteiger partial charge in [-0.2, -0.15) is 4.98 Å². The minimum absolute atomic E-state index is 0.259. The molecule has 182 valence electrons. The van der Waals surface area contributed by atoms with Crippen molar-refractivity contribution < 1.29 is 14.4 Å². The number of carbonyl (C=O) groups is 1. The summed E-state index contributed by atoms with van der Waals surface area (Å²) in [4.78, 5) is 48.4. The maximum Gasteiger partial charge on any atom is 0.343 e. The monoisotopic (exact) mass is 523 g/mol. The Morgan fingerprint density at radius 3 is 2.83 bits per heavy atom. The lowest BCUT2D eigenvalue weighted by Gasteiger charge is -2.20. The Kier molecular flexibility index (Phi) is 6.46. The molecule has 0 spiro atoms. The molecule has 3 heterocycles. The second-order valence-electron chi connectivity index (χ2n) is 7.50. The van der Waals surface area contributed by atoms with Crippen LogP contribution in [-0.4, -0.2) is 37.6 Å². The molecule has 0 fully saturated rings. The van der Waals surface area contributed by atoms with Gasteiger partial charge in [0.05, 0.1) is 34.2 Å². The Labute approximate surface area is 212 Å². The molecular formula is C23H18ClN7O4S. The molecule has 5 rings (SSSR count). The first-order valence-electron chi connectivity index (χ1n) is 10.6. The van der Waals surface area contributed by atoms with E-state index in [1.807, 2.05) is 0 Å². The number of hydroxylamine groups is 1. The fourth-order valence-electron chi connectivity index (χ4n) is 3.68. The number of nitrogens with zero attached hydrogens (tertiary/aromatic N) is 5. The van der Waals surface area contributed by atoms with Gasteiger partial charge in [-0.3, -0.25) is 14.2 Å². The van der Waals surface area contributed by atoms with E-state index >= 15 is 0 Å². The lowest BCUT2D eigenvalue weighted by atomic mass is 10.2. The first-order chi connectivity index (χ1) is 17.5. The molecule has 2 amide bonds. The molecule has 0 aliphatic carbocycles. The Morgan fingerprint density at radius 2 is 2.00 bits per heavy atom. The number of ether oxygens (including phenoxy) is 1. The molecule has 1 atom stereocenters. The van der Waals surface area contributed by atoms with Crippen molar-refractivity contribution >= 4 is 55.9 Å². The van der Waals surface area contributed by atoms with E-state index in [2.05, 4.69) is 30.6 Å². The predicted octanol–water partition coefficient (Wildman–Crippen LogP) is 4.26. The summed E-state index contributed by atoms with van der Waals surface area (Å²) in [6.45, 7) is 1.75. The minimum Gasteiger partial charge on any atom is -0.465 e. The normalized spacial score (nSPS) is 12.0. The van der Waals surface area contributed by atoms with Crippen LogP contribution >= 0.6 is 22.9 Å². The van der Waals surface area contributed by atoms with Crippen LogP contribution in [0, 0.1) is 0 Å². The molecule has 3 aromatic heterocycles. The van der Waals surface area contributed by atoms with E-state index < -0.39 is 17.7 Å². The second kappa shape index (κ2) is 9.85. The number of nitrogens with one attached hydrogen (secondary N) is 2. The summed E-state index contributed by atoms with van der Waals surface area (Å²) in [6.07, 6.45) is 0.665. The van der Waals surface area contributed by atoms with Gasteiger partial charge in [0, 0.05) is 5.69 Å². The van der Waals surface area contributed by atoms with Crippen LogP contribution in [-0.2, 0) is 4.84 Å². The summed E-state index contributed by atoms with van der Waals surface area (Å²) < 4.78 is 7.54. The Hall–Kier alpha value is -4.13. The van der Waals surface area contributed by atoms with Gasteiger partial charge in [0.25, 0.3) is 5.56 Å². The van der Waals surface area contributed by atoms with Gasteiger partial charge in [-0.15, -0.1) is 11.3 Å². The van der Waals surface area contributed by atoms with Gasteiger partial charge in [-0.25, -0.2) is 25.2 Å². The number of anilines is 1. The molecule has 0 saturated carbocycles. The maximum atomic E-state index is 13.8. The lowest BCUT2D eigenvalue weighted by molar-refractivity contribution is 0.114. The molecule has 0 saturated heterocycles. The summed E-state index contributed by atoms with van der Waals surface area (Å²) >= 11 is 7.75. The standard InChI is InChI=1S/C23H18ClN7O4S/c1-12(35-20-18-21(26-10-25-20)36-11-27-18)19-29-16-8-4-7-15(24)17(16)22(32)31(19)14-6-3-5-13(9-14)28-23(33)30-34-2/h3-12H,1-2H3,(H2,28,30,33)/t12-/m0/s1. The SMILES string of the molecule is CONC(=O)Nc1cccc(-n2c([C@H](C)Oc3ncnc4scnc34)nc3cccc(Cl)c3c2=O)c1. The Balaban J connectivity index is 1.65. The fraction of sp³-hybridized carbons (Fsp3) is 0.130. The first kappa shape index (κ1) is 23.6. The van der Waals surface area contributed by atoms with Crippen LogP contribution in [0.1, 0.15) is 18.9 Å². The second-order valence-corrected chi connectivity index (χ2v) is 8.74. The number of halogens is 1. The molecule has 13 heteroatoms. The van der Waals surface area contributed by atoms with Crippen molar-refractivity contribution in [1.29, 1.82) is 0 Å². The lowest BCUT2D eigenvalue weighted by Crippen LogP contribution is -2.28. The van der Waals surface area contributed by atoms with E-state index in [1.54, 1.807) is 54.9 Å². The summed E-state index contributed by atoms with van der Waals surface area (Å²) in [5.74, 6) is 0.572. The number of carbonyl (C=O) groups excluding carboxylic acids is 1. The van der Waals surface area contributed by atoms with Gasteiger partial charge in [-0.05, 0) is 37.3 Å². The van der Waals surface area contributed by atoms with Crippen LogP contribution in [0.25, 0.3) is 26.9 Å². The van der Waals surface area contributed by atoms with Crippen molar-refractivity contribution in [3.8, 4) is 11.6 Å². The zero-order chi connectivity index (χ0) is 25.2. The molecule has 11 nitrogen and oxygen atoms in total. The van der Waals surface area contributed by atoms with E-state index in [9.17, 15) is 9.59 Å². The predicted molar refractivity (Wildman–Crippen MR) is 136 cm³/mol. The van der Waals surface area contributed by atoms with Crippen LogP contribution in [0.4, 0.5) is 10.5 Å². The number of hydrogen-bond donors (Lipinski definition) is 2. The van der Waals surface area contributed by atoms with Gasteiger partial charge in [-0.1, -0.05) is 23.7 Å². The number of benzene rings is 2. The highest BCUT2D eigenvalue weighted by Crippen LogP contribution is 2.29. The third-order valence-corrected chi connectivity index (χ3v) is 6.23. The van der Waals surface area contributed by atoms with Crippen molar-refractivity contribution in [1.82, 2.24) is 30.0 Å². The third-order valence-electron chi connectivity index (χ3n) is 5.18. The highest BCUT2D eigenvalue weighted by Gasteiger charge is 2.22. The third kappa shape index (κ3) is 4.44. The van der Waals surface area contributed by atoms with E-state index in [0.29, 0.717) is 33.1 Å². The highest BCUT2D eigenvalue weighted by molar-refractivity contribution is 7.16. The van der Waals surface area contributed by atoms with Gasteiger partial charge in [0.15, 0.2) is 22.3 Å². The largest absolute Gasteiger partial charge is 0.465 e. The highest BCUT2D eigenvalue weighted by atomic mass is 35.5.